The first kappa shape index (κ1) is 102. The zero-order chi connectivity index (χ0) is 94.8. The molecule has 4 N–H and O–H groups in total. The number of carboxylic acids is 1. The molecule has 15 aromatic rings. The predicted octanol–water partition coefficient (Wildman–Crippen LogP) is 15.5. The predicted molar refractivity (Wildman–Crippen MR) is 537 cm³/mol. The summed E-state index contributed by atoms with van der Waals surface area (Å²) in [5.41, 5.74) is 19.0. The van der Waals surface area contributed by atoms with E-state index in [1.807, 2.05) is 80.2 Å². The Hall–Kier alpha value is -10.8. The molecule has 0 aliphatic carbocycles. The monoisotopic (exact) mass is 1960 g/mol. The molecule has 6 fully saturated rings. The topological polar surface area (TPSA) is 306 Å². The minimum absolute atomic E-state index is 0. The Kier molecular flexibility index (Phi) is 37.4. The Bertz CT molecular complexity index is 6070. The van der Waals surface area contributed by atoms with Gasteiger partial charge in [0.05, 0.1) is 101 Å². The second-order valence-corrected chi connectivity index (χ2v) is 36.0. The number of benzene rings is 3. The molecule has 0 atom stereocenters. The van der Waals surface area contributed by atoms with Crippen LogP contribution in [0.1, 0.15) is 149 Å². The summed E-state index contributed by atoms with van der Waals surface area (Å²) in [6.45, 7) is 25.4. The number of alkyl halides is 5. The fourth-order valence-electron chi connectivity index (χ4n) is 18.7. The van der Waals surface area contributed by atoms with Crippen molar-refractivity contribution in [2.45, 2.75) is 168 Å². The minimum Gasteiger partial charge on any atom is -1.00 e. The van der Waals surface area contributed by atoms with E-state index in [2.05, 4.69) is 206 Å². The van der Waals surface area contributed by atoms with E-state index >= 15 is 0 Å². The third-order valence-electron chi connectivity index (χ3n) is 26.0. The van der Waals surface area contributed by atoms with Crippen LogP contribution in [0.4, 0.5) is 35.0 Å². The van der Waals surface area contributed by atoms with E-state index in [9.17, 15) is 17.6 Å². The fourth-order valence-corrected chi connectivity index (χ4v) is 19.1. The third-order valence-corrected chi connectivity index (χ3v) is 26.6. The summed E-state index contributed by atoms with van der Waals surface area (Å²) in [5.74, 6) is 2.38. The van der Waals surface area contributed by atoms with Crippen LogP contribution in [0, 0.1) is 0 Å². The van der Waals surface area contributed by atoms with Crippen molar-refractivity contribution >= 4 is 105 Å². The average molecular weight is 1970 g/mol. The first-order valence-corrected chi connectivity index (χ1v) is 49.0. The molecule has 6 aliphatic rings. The van der Waals surface area contributed by atoms with Crippen LogP contribution in [0.3, 0.4) is 0 Å². The molecule has 12 aromatic heterocycles. The van der Waals surface area contributed by atoms with Crippen LogP contribution in [0.15, 0.2) is 184 Å². The van der Waals surface area contributed by atoms with Gasteiger partial charge in [-0.25, -0.2) is 48.7 Å². The number of nitrogens with two attached hydrogens (primary N) is 1. The van der Waals surface area contributed by atoms with Gasteiger partial charge in [0.15, 0.2) is 34.4 Å². The molecule has 0 spiro atoms. The van der Waals surface area contributed by atoms with Gasteiger partial charge in [-0.2, -0.15) is 28.5 Å². The number of hydrogen-bond acceptors (Lipinski definition) is 23. The Morgan fingerprint density at radius 3 is 1.16 bits per heavy atom. The summed E-state index contributed by atoms with van der Waals surface area (Å²) in [7, 11) is -1.00. The van der Waals surface area contributed by atoms with Crippen LogP contribution < -0.4 is 50.0 Å². The summed E-state index contributed by atoms with van der Waals surface area (Å²) in [6.07, 6.45) is 34.6. The van der Waals surface area contributed by atoms with Crippen LogP contribution in [0.2, 0.25) is 0 Å². The van der Waals surface area contributed by atoms with E-state index in [0.717, 1.165) is 265 Å². The fraction of sp³-hybridized carbons (Fsp3) is 0.461. The van der Waals surface area contributed by atoms with E-state index < -0.39 is 19.3 Å². The number of unbranched alkanes of at least 4 members (excludes halogenated alkanes) is 5. The zero-order valence-corrected chi connectivity index (χ0v) is 82.3. The first-order valence-electron chi connectivity index (χ1n) is 48.6. The number of aryl methyl sites for hydroxylation is 2. The van der Waals surface area contributed by atoms with Crippen molar-refractivity contribution in [1.29, 1.82) is 0 Å². The molecule has 0 saturated carbocycles. The SMILES string of the molecule is C.CCCCCBr.CCCCCn1ccc2cc(-c3nc(N4CCOCC4)c4cnn(C5CCN(Cc6cccnc6)CC5)c4n3)ccc21.NCCCCn1ccc2cc(-c3nc(N4CCOCC4)c4cnn(C5CCN(Cc6cccnc6)CC5)c4n3)ccc21.O=C(O)C(F)(F)F.[2H]CF.[H-].[Na+].c1cncc(CN2CCC(n3ncc4c(N5CCOCC5)nc(-c5ccc6[nH]ccc6c5)nc43)CC2)c1. The summed E-state index contributed by atoms with van der Waals surface area (Å²) >= 11 is 3.35. The van der Waals surface area contributed by atoms with E-state index in [4.69, 9.17) is 76.4 Å². The van der Waals surface area contributed by atoms with Gasteiger partial charge >= 0.3 is 41.7 Å². The Balaban J connectivity index is 0.000000162. The van der Waals surface area contributed by atoms with Gasteiger partial charge in [-0.15, -0.1) is 0 Å². The largest absolute Gasteiger partial charge is 1.00 e. The summed E-state index contributed by atoms with van der Waals surface area (Å²) in [6, 6.07) is 39.5. The van der Waals surface area contributed by atoms with E-state index in [0.29, 0.717) is 57.8 Å². The number of likely N-dealkylation sites (tertiary alicyclic amines) is 3. The molecule has 0 unspecified atom stereocenters. The summed E-state index contributed by atoms with van der Waals surface area (Å²) in [5, 5.41) is 29.7. The van der Waals surface area contributed by atoms with Crippen molar-refractivity contribution < 1.29 is 74.0 Å². The second-order valence-electron chi connectivity index (χ2n) is 35.2. The Morgan fingerprint density at radius 1 is 0.486 bits per heavy atom. The van der Waals surface area contributed by atoms with Crippen LogP contribution in [-0.2, 0) is 51.7 Å². The molecule has 0 amide bonds. The van der Waals surface area contributed by atoms with Crippen molar-refractivity contribution in [3.05, 3.63) is 200 Å². The molecule has 36 heteroatoms. The third kappa shape index (κ3) is 26.1. The smallest absolute Gasteiger partial charge is 1.00 e. The number of hydrogen-bond donors (Lipinski definition) is 3. The Morgan fingerprint density at radius 2 is 0.833 bits per heavy atom. The number of nitrogens with zero attached hydrogens (tertiary/aromatic N) is 23. The molecule has 138 heavy (non-hydrogen) atoms. The average Bonchev–Trinajstić information content (AvgIpc) is 1.61. The molecular weight excluding hydrogens is 1830 g/mol. The van der Waals surface area contributed by atoms with Crippen molar-refractivity contribution in [2.75, 3.05) is 152 Å². The number of anilines is 3. The van der Waals surface area contributed by atoms with E-state index in [1.54, 1.807) is 0 Å². The quantitative estimate of drug-likeness (QED) is 0.0196. The van der Waals surface area contributed by atoms with Gasteiger partial charge in [0.25, 0.3) is 0 Å². The van der Waals surface area contributed by atoms with Gasteiger partial charge in [-0.3, -0.25) is 34.0 Å². The second kappa shape index (κ2) is 50.8. The number of pyridine rings is 3. The van der Waals surface area contributed by atoms with Crippen LogP contribution in [0.5, 0.6) is 0 Å². The van der Waals surface area contributed by atoms with Crippen LogP contribution >= 0.6 is 15.9 Å². The summed E-state index contributed by atoms with van der Waals surface area (Å²) < 4.78 is 75.4. The minimum atomic E-state index is -5.08. The Labute approximate surface area is 836 Å². The zero-order valence-electron chi connectivity index (χ0n) is 80.7. The molecule has 0 bridgehead atoms. The van der Waals surface area contributed by atoms with Gasteiger partial charge < -0.3 is 55.3 Å². The number of piperidine rings is 3. The molecule has 3 aromatic carbocycles. The standard InChI is InChI=1S/C33H40N8O.C32H39N9O.C28H30N8O.C5H11Br.C2HF3O2.CH3F.CH4.Na.H/c1-2-3-4-13-39-16-9-26-21-27(7-8-30(26)39)31-36-32(40-17-19-42-20-18-40)29-23-35-41(33(29)37-31)28-10-14-38(15-11-28)24-25-6-5-12-34-22-25;33-10-1-2-12-39-15-7-25-20-26(5-6-29(25)39)30-36-31(40-16-18-42-19-17-40)28-22-35-41(32(28)37-30)27-8-13-38(14-9-27)23-24-4-3-11-34-21-24;1-2-20(17-29-8-1)19-34-10-6-23(7-11-34)36-28-24(18-31-36)27(35-12-14-37-15-13-35)32-26(33-28)22-3-4-25-21(16-22)5-9-30-25;1-2-3-4-5-6;3-2(4,5)1(6)7;1-2;;;/h5-9,12,16,21-23,28H,2-4,10-11,13-15,17-20,24H2,1H3;3-7,11,15,20-22,27H,1-2,8-10,12-14,16-19,23,33H2;1-5,8-9,16-18,23,30H,6-7,10-15,19H2;2-5H2,1H3;(H,6,7);1H3;1H4;;/q;;;;;;;+1;-1/i;;;;;1D;;;. The maximum absolute atomic E-state index is 10.6. The number of carboxylic acid groups (broad SMARTS) is 1. The normalized spacial score (nSPS) is 16.2. The number of halogens is 5. The van der Waals surface area contributed by atoms with Crippen molar-refractivity contribution in [1.82, 2.24) is 103 Å². The number of rotatable bonds is 26. The maximum Gasteiger partial charge on any atom is 1.00 e. The number of carbonyl (C=O) groups is 1. The first-order chi connectivity index (χ1) is 67.1. The maximum atomic E-state index is 10.6. The van der Waals surface area contributed by atoms with E-state index in [1.165, 1.54) is 82.4 Å². The van der Waals surface area contributed by atoms with Crippen molar-refractivity contribution in [2.24, 2.45) is 5.73 Å². The van der Waals surface area contributed by atoms with Crippen molar-refractivity contribution in [3.8, 4) is 34.2 Å². The number of morpholine rings is 3. The number of nitrogens with one attached hydrogen (secondary N) is 1. The number of aromatic amines is 1. The van der Waals surface area contributed by atoms with Gasteiger partial charge in [-0.05, 0) is 178 Å². The molecule has 21 rings (SSSR count). The summed E-state index contributed by atoms with van der Waals surface area (Å²) in [4.78, 5) is 70.4. The van der Waals surface area contributed by atoms with Gasteiger partial charge in [-0.1, -0.05) is 81.1 Å². The molecular formula is C102H129BrF4N25NaO5. The number of aromatic nitrogens is 18. The van der Waals surface area contributed by atoms with Gasteiger partial charge in [0, 0.05) is 222 Å². The molecule has 6 saturated heterocycles. The molecule has 18 heterocycles. The van der Waals surface area contributed by atoms with Crippen LogP contribution in [-0.4, -0.2) is 257 Å². The molecule has 728 valence electrons. The van der Waals surface area contributed by atoms with E-state index in [-0.39, 0.29) is 38.4 Å². The van der Waals surface area contributed by atoms with Gasteiger partial charge in [0.1, 0.15) is 17.5 Å². The number of aliphatic carboxylic acids is 1. The molecule has 30 nitrogen and oxygen atoms in total. The van der Waals surface area contributed by atoms with Gasteiger partial charge in [0.2, 0.25) is 0 Å². The molecule has 6 aliphatic heterocycles. The number of H-pyrrole nitrogens is 1. The van der Waals surface area contributed by atoms with Crippen LogP contribution in [0.25, 0.3) is 100.0 Å². The molecule has 0 radical (unpaired) electrons. The number of ether oxygens (including phenoxy) is 3. The number of fused-ring (bicyclic) bond motifs is 6. The van der Waals surface area contributed by atoms with Crippen molar-refractivity contribution in [3.63, 3.8) is 0 Å².